The second kappa shape index (κ2) is 18.1. The minimum absolute atomic E-state index is 0.0291. The molecule has 0 fully saturated rings. The lowest BCUT2D eigenvalue weighted by Gasteiger charge is -2.07. The standard InChI is InChI=1S/C19H37ClO3/c1-2-3-4-5-6-7-8-9-10-11-12-13-14-15-19(22)23-17-18(20)16-21/h18,21H,2-17H2,1H3/t18-/m1/s1/i16D2,17D2,18D. The minimum atomic E-state index is -3.37. The van der Waals surface area contributed by atoms with Crippen molar-refractivity contribution < 1.29 is 21.5 Å². The molecule has 0 aliphatic heterocycles. The molecule has 0 aromatic rings. The topological polar surface area (TPSA) is 46.5 Å². The normalized spacial score (nSPS) is 18.1. The summed E-state index contributed by atoms with van der Waals surface area (Å²) in [6.07, 6.45) is 15.1. The van der Waals surface area contributed by atoms with Gasteiger partial charge in [-0.15, -0.1) is 11.6 Å². The Morgan fingerprint density at radius 2 is 1.43 bits per heavy atom. The Hall–Kier alpha value is -0.280. The molecular weight excluding hydrogens is 312 g/mol. The molecule has 138 valence electrons. The Bertz CT molecular complexity index is 428. The molecule has 0 aliphatic rings. The van der Waals surface area contributed by atoms with E-state index >= 15 is 0 Å². The highest BCUT2D eigenvalue weighted by Crippen LogP contribution is 2.13. The highest BCUT2D eigenvalue weighted by Gasteiger charge is 2.07. The Morgan fingerprint density at radius 1 is 1.00 bits per heavy atom. The van der Waals surface area contributed by atoms with E-state index in [1.807, 2.05) is 0 Å². The number of halogens is 1. The summed E-state index contributed by atoms with van der Waals surface area (Å²) in [5.74, 6) is -0.894. The predicted molar refractivity (Wildman–Crippen MR) is 98.0 cm³/mol. The van der Waals surface area contributed by atoms with Crippen LogP contribution in [-0.4, -0.2) is 29.5 Å². The van der Waals surface area contributed by atoms with Crippen molar-refractivity contribution in [1.29, 1.82) is 0 Å². The van der Waals surface area contributed by atoms with E-state index in [9.17, 15) is 9.90 Å². The molecule has 0 radical (unpaired) electrons. The number of hydrogen-bond acceptors (Lipinski definition) is 3. The van der Waals surface area contributed by atoms with E-state index in [1.54, 1.807) is 0 Å². The molecule has 1 N–H and O–H groups in total. The maximum absolute atomic E-state index is 11.7. The van der Waals surface area contributed by atoms with E-state index in [2.05, 4.69) is 11.7 Å². The van der Waals surface area contributed by atoms with E-state index in [0.717, 1.165) is 19.3 Å². The van der Waals surface area contributed by atoms with Gasteiger partial charge in [-0.05, 0) is 6.42 Å². The van der Waals surface area contributed by atoms with Crippen molar-refractivity contribution in [3.63, 3.8) is 0 Å². The molecule has 0 spiro atoms. The Kier molecular flexibility index (Phi) is 11.8. The first-order valence-corrected chi connectivity index (χ1v) is 9.46. The van der Waals surface area contributed by atoms with Crippen LogP contribution in [0.2, 0.25) is 0 Å². The number of aliphatic hydroxyl groups is 1. The smallest absolute Gasteiger partial charge is 0.305 e. The summed E-state index contributed by atoms with van der Waals surface area (Å²) >= 11 is 5.42. The largest absolute Gasteiger partial charge is 0.464 e. The molecule has 0 saturated heterocycles. The van der Waals surface area contributed by atoms with E-state index in [0.29, 0.717) is 6.42 Å². The van der Waals surface area contributed by atoms with Crippen LogP contribution in [0, 0.1) is 0 Å². The molecule has 1 atom stereocenters. The van der Waals surface area contributed by atoms with Gasteiger partial charge in [0.25, 0.3) is 0 Å². The predicted octanol–water partition coefficient (Wildman–Crippen LogP) is 5.61. The first-order valence-electron chi connectivity index (χ1n) is 11.6. The number of hydrogen-bond donors (Lipinski definition) is 1. The van der Waals surface area contributed by atoms with Gasteiger partial charge in [0.2, 0.25) is 0 Å². The highest BCUT2D eigenvalue weighted by molar-refractivity contribution is 6.20. The average Bonchev–Trinajstić information content (AvgIpc) is 2.57. The van der Waals surface area contributed by atoms with Gasteiger partial charge in [0, 0.05) is 6.42 Å². The van der Waals surface area contributed by atoms with Gasteiger partial charge in [-0.2, -0.15) is 0 Å². The number of carbonyl (C=O) groups is 1. The maximum atomic E-state index is 11.7. The Labute approximate surface area is 155 Å². The molecule has 0 aromatic heterocycles. The molecule has 0 aliphatic carbocycles. The zero-order valence-electron chi connectivity index (χ0n) is 19.5. The zero-order chi connectivity index (χ0) is 21.7. The van der Waals surface area contributed by atoms with Gasteiger partial charge >= 0.3 is 5.97 Å². The lowest BCUT2D eigenvalue weighted by atomic mass is 10.0. The van der Waals surface area contributed by atoms with Crippen molar-refractivity contribution in [2.75, 3.05) is 13.1 Å². The van der Waals surface area contributed by atoms with Gasteiger partial charge in [-0.1, -0.05) is 84.0 Å². The molecular formula is C19H37ClO3. The molecule has 23 heavy (non-hydrogen) atoms. The maximum Gasteiger partial charge on any atom is 0.305 e. The van der Waals surface area contributed by atoms with E-state index in [4.69, 9.17) is 18.5 Å². The van der Waals surface area contributed by atoms with Crippen molar-refractivity contribution in [3.05, 3.63) is 0 Å². The van der Waals surface area contributed by atoms with Crippen LogP contribution in [0.5, 0.6) is 0 Å². The van der Waals surface area contributed by atoms with Gasteiger partial charge in [0.1, 0.15) is 6.56 Å². The van der Waals surface area contributed by atoms with Crippen LogP contribution in [0.4, 0.5) is 0 Å². The molecule has 0 heterocycles. The third-order valence-corrected chi connectivity index (χ3v) is 4.00. The highest BCUT2D eigenvalue weighted by atomic mass is 35.5. The van der Waals surface area contributed by atoms with E-state index in [1.165, 1.54) is 57.8 Å². The molecule has 0 bridgehead atoms. The number of ether oxygens (including phenoxy) is 1. The third-order valence-electron chi connectivity index (χ3n) is 3.84. The molecule has 0 rings (SSSR count). The first kappa shape index (κ1) is 15.0. The number of carbonyl (C=O) groups excluding carboxylic acids is 1. The number of alkyl halides is 1. The Balaban J connectivity index is 3.73. The van der Waals surface area contributed by atoms with Crippen LogP contribution in [0.3, 0.4) is 0 Å². The van der Waals surface area contributed by atoms with E-state index in [-0.39, 0.29) is 6.42 Å². The summed E-state index contributed by atoms with van der Waals surface area (Å²) in [6.45, 7) is -4.30. The monoisotopic (exact) mass is 353 g/mol. The second-order valence-corrected chi connectivity index (χ2v) is 6.37. The van der Waals surface area contributed by atoms with Gasteiger partial charge in [-0.25, -0.2) is 0 Å². The number of unbranched alkanes of at least 4 members (excludes halogenated alkanes) is 12. The molecule has 0 saturated carbocycles. The van der Waals surface area contributed by atoms with Crippen LogP contribution in [0.15, 0.2) is 0 Å². The molecule has 0 amide bonds. The number of esters is 1. The van der Waals surface area contributed by atoms with Crippen LogP contribution in [0.1, 0.15) is 104 Å². The number of rotatable bonds is 17. The Morgan fingerprint density at radius 3 is 1.87 bits per heavy atom. The average molecular weight is 354 g/mol. The van der Waals surface area contributed by atoms with Gasteiger partial charge in [0.15, 0.2) is 0 Å². The third kappa shape index (κ3) is 17.9. The summed E-state index contributed by atoms with van der Waals surface area (Å²) in [4.78, 5) is 11.7. The van der Waals surface area contributed by atoms with Crippen LogP contribution < -0.4 is 0 Å². The van der Waals surface area contributed by atoms with E-state index < -0.39 is 24.4 Å². The van der Waals surface area contributed by atoms with Crippen molar-refractivity contribution in [2.24, 2.45) is 0 Å². The minimum Gasteiger partial charge on any atom is -0.464 e. The summed E-state index contributed by atoms with van der Waals surface area (Å²) in [5, 5.41) is 6.03. The fraction of sp³-hybridized carbons (Fsp3) is 0.947. The second-order valence-electron chi connectivity index (χ2n) is 5.99. The fourth-order valence-corrected chi connectivity index (χ4v) is 2.50. The molecule has 0 aromatic carbocycles. The van der Waals surface area contributed by atoms with Crippen LogP contribution in [-0.2, 0) is 9.53 Å². The summed E-state index contributed by atoms with van der Waals surface area (Å²) in [7, 11) is 0. The van der Waals surface area contributed by atoms with Crippen molar-refractivity contribution in [3.8, 4) is 0 Å². The van der Waals surface area contributed by atoms with Crippen molar-refractivity contribution in [1.82, 2.24) is 0 Å². The van der Waals surface area contributed by atoms with Crippen molar-refractivity contribution in [2.45, 2.75) is 102 Å². The summed E-state index contributed by atoms with van der Waals surface area (Å²) < 4.78 is 41.0. The molecule has 0 unspecified atom stereocenters. The molecule has 3 nitrogen and oxygen atoms in total. The first-order chi connectivity index (χ1) is 13.0. The molecule has 4 heteroatoms. The lowest BCUT2D eigenvalue weighted by molar-refractivity contribution is -0.143. The van der Waals surface area contributed by atoms with Gasteiger partial charge in [-0.3, -0.25) is 4.79 Å². The summed E-state index contributed by atoms with van der Waals surface area (Å²) in [5.41, 5.74) is 0. The summed E-state index contributed by atoms with van der Waals surface area (Å²) in [6, 6.07) is 0. The quantitative estimate of drug-likeness (QED) is 0.210. The SMILES string of the molecule is [2H]C([2H])(O)[C@@]([2H])(Cl)C([2H])([2H])OC(=O)CCCCCCCCCCCCCCC. The fourth-order valence-electron chi connectivity index (χ4n) is 2.46. The van der Waals surface area contributed by atoms with Crippen molar-refractivity contribution >= 4 is 17.6 Å². The zero-order valence-corrected chi connectivity index (χ0v) is 15.3. The van der Waals surface area contributed by atoms with Crippen LogP contribution >= 0.6 is 11.6 Å². The lowest BCUT2D eigenvalue weighted by Crippen LogP contribution is -2.16. The van der Waals surface area contributed by atoms with Gasteiger partial charge in [0.05, 0.1) is 18.8 Å². The van der Waals surface area contributed by atoms with Gasteiger partial charge < -0.3 is 9.84 Å². The van der Waals surface area contributed by atoms with Crippen LogP contribution in [0.25, 0.3) is 0 Å².